The van der Waals surface area contributed by atoms with Crippen LogP contribution in [0.3, 0.4) is 0 Å². The van der Waals surface area contributed by atoms with Crippen LogP contribution in [0.4, 0.5) is 17.1 Å². The van der Waals surface area contributed by atoms with Gasteiger partial charge in [-0.1, -0.05) is 217 Å². The van der Waals surface area contributed by atoms with Crippen LogP contribution in [0, 0.1) is 0 Å². The van der Waals surface area contributed by atoms with Crippen molar-refractivity contribution in [3.05, 3.63) is 230 Å². The minimum Gasteiger partial charge on any atom is -0.309 e. The Morgan fingerprint density at radius 2 is 0.824 bits per heavy atom. The predicted octanol–water partition coefficient (Wildman–Crippen LogP) is 18.7. The molecule has 2 heteroatoms. The largest absolute Gasteiger partial charge is 0.309 e. The van der Waals surface area contributed by atoms with Gasteiger partial charge in [-0.2, -0.15) is 0 Å². The van der Waals surface area contributed by atoms with Gasteiger partial charge >= 0.3 is 0 Å². The number of nitrogens with zero attached hydrogens (tertiary/aromatic N) is 2. The van der Waals surface area contributed by atoms with Crippen molar-refractivity contribution in [3.8, 4) is 39.1 Å². The molecule has 0 aliphatic rings. The van der Waals surface area contributed by atoms with Gasteiger partial charge in [0.05, 0.1) is 28.1 Å². The van der Waals surface area contributed by atoms with Crippen LogP contribution in [0.2, 0.25) is 0 Å². The second-order valence-corrected chi connectivity index (χ2v) is 20.6. The van der Waals surface area contributed by atoms with Crippen molar-refractivity contribution < 1.29 is 0 Å². The Kier molecular flexibility index (Phi) is 9.67. The molecule has 0 atom stereocenters. The second-order valence-electron chi connectivity index (χ2n) is 20.6. The van der Waals surface area contributed by atoms with Gasteiger partial charge in [0.1, 0.15) is 0 Å². The molecule has 68 heavy (non-hydrogen) atoms. The first kappa shape index (κ1) is 41.5. The van der Waals surface area contributed by atoms with E-state index in [0.29, 0.717) is 0 Å². The van der Waals surface area contributed by atoms with E-state index >= 15 is 0 Å². The quantitative estimate of drug-likeness (QED) is 0.145. The first-order chi connectivity index (χ1) is 33.0. The molecule has 12 rings (SSSR count). The van der Waals surface area contributed by atoms with Crippen LogP contribution in [0.25, 0.3) is 93.2 Å². The van der Waals surface area contributed by atoms with E-state index in [1.807, 2.05) is 0 Å². The fourth-order valence-electron chi connectivity index (χ4n) is 10.6. The van der Waals surface area contributed by atoms with Crippen molar-refractivity contribution in [1.29, 1.82) is 0 Å². The van der Waals surface area contributed by atoms with Gasteiger partial charge in [0.2, 0.25) is 0 Å². The lowest BCUT2D eigenvalue weighted by molar-refractivity contribution is 0.569. The molecule has 0 saturated carbocycles. The third-order valence-electron chi connectivity index (χ3n) is 14.3. The minimum absolute atomic E-state index is 0.0583. The molecule has 1 heterocycles. The molecule has 0 N–H and O–H groups in total. The van der Waals surface area contributed by atoms with E-state index in [0.717, 1.165) is 17.1 Å². The molecular formula is C66H54N2. The van der Waals surface area contributed by atoms with E-state index in [9.17, 15) is 0 Å². The molecule has 0 amide bonds. The van der Waals surface area contributed by atoms with Crippen LogP contribution in [0.15, 0.2) is 218 Å². The summed E-state index contributed by atoms with van der Waals surface area (Å²) in [6.07, 6.45) is 0. The van der Waals surface area contributed by atoms with Crippen molar-refractivity contribution in [1.82, 2.24) is 4.57 Å². The highest BCUT2D eigenvalue weighted by Crippen LogP contribution is 2.48. The zero-order valence-corrected chi connectivity index (χ0v) is 39.7. The van der Waals surface area contributed by atoms with Crippen molar-refractivity contribution in [2.24, 2.45) is 0 Å². The summed E-state index contributed by atoms with van der Waals surface area (Å²) in [4.78, 5) is 2.48. The number of aromatic nitrogens is 1. The summed E-state index contributed by atoms with van der Waals surface area (Å²) in [5.74, 6) is 0. The first-order valence-corrected chi connectivity index (χ1v) is 24.0. The van der Waals surface area contributed by atoms with Crippen molar-refractivity contribution in [2.45, 2.75) is 52.4 Å². The van der Waals surface area contributed by atoms with Crippen LogP contribution in [0.5, 0.6) is 0 Å². The first-order valence-electron chi connectivity index (χ1n) is 24.0. The molecule has 328 valence electrons. The van der Waals surface area contributed by atoms with E-state index in [2.05, 4.69) is 269 Å². The van der Waals surface area contributed by atoms with Gasteiger partial charge in [-0.3, -0.25) is 0 Å². The molecule has 12 aromatic rings. The summed E-state index contributed by atoms with van der Waals surface area (Å²) in [5.41, 5.74) is 17.1. The molecule has 0 aliphatic carbocycles. The van der Waals surface area contributed by atoms with Gasteiger partial charge in [-0.15, -0.1) is 0 Å². The molecule has 0 saturated heterocycles. The zero-order chi connectivity index (χ0) is 46.3. The van der Waals surface area contributed by atoms with Gasteiger partial charge in [0, 0.05) is 32.8 Å². The van der Waals surface area contributed by atoms with Gasteiger partial charge in [0.15, 0.2) is 0 Å². The Hall–Kier alpha value is -7.94. The van der Waals surface area contributed by atoms with Gasteiger partial charge in [-0.25, -0.2) is 0 Å². The number of para-hydroxylation sites is 3. The normalized spacial score (nSPS) is 12.3. The summed E-state index contributed by atoms with van der Waals surface area (Å²) in [5, 5.41) is 10.0. The highest BCUT2D eigenvalue weighted by Gasteiger charge is 2.24. The maximum Gasteiger partial charge on any atom is 0.0541 e. The second kappa shape index (κ2) is 15.9. The summed E-state index contributed by atoms with van der Waals surface area (Å²) in [7, 11) is 0. The molecule has 0 unspecified atom stereocenters. The van der Waals surface area contributed by atoms with Crippen LogP contribution in [0.1, 0.15) is 52.7 Å². The fourth-order valence-corrected chi connectivity index (χ4v) is 10.6. The molecule has 0 spiro atoms. The Morgan fingerprint density at radius 3 is 1.44 bits per heavy atom. The monoisotopic (exact) mass is 874 g/mol. The van der Waals surface area contributed by atoms with Crippen molar-refractivity contribution in [3.63, 3.8) is 0 Å². The SMILES string of the molecule is CC(C)(C)c1cc(-c2ccc(-c3ccc(N(c4ccccc4-c4ccccc4)c4ccc5ccc6c(-n7c8ccccc8c8ccccc87)ccc7ccc4c5c76)cc3)cc2)cc(C(C)(C)C)c1. The van der Waals surface area contributed by atoms with Crippen molar-refractivity contribution >= 4 is 71.2 Å². The van der Waals surface area contributed by atoms with Crippen LogP contribution in [-0.2, 0) is 10.8 Å². The lowest BCUT2D eigenvalue weighted by Gasteiger charge is -2.30. The van der Waals surface area contributed by atoms with Gasteiger partial charge < -0.3 is 9.47 Å². The van der Waals surface area contributed by atoms with Crippen LogP contribution in [-0.4, -0.2) is 4.57 Å². The molecule has 2 nitrogen and oxygen atoms in total. The number of fused-ring (bicyclic) bond motifs is 3. The maximum absolute atomic E-state index is 2.48. The third kappa shape index (κ3) is 6.94. The predicted molar refractivity (Wildman–Crippen MR) is 293 cm³/mol. The Morgan fingerprint density at radius 1 is 0.338 bits per heavy atom. The number of anilines is 3. The van der Waals surface area contributed by atoms with E-state index in [1.54, 1.807) is 0 Å². The molecule has 11 aromatic carbocycles. The number of hydrogen-bond acceptors (Lipinski definition) is 1. The van der Waals surface area contributed by atoms with E-state index in [-0.39, 0.29) is 10.8 Å². The summed E-state index contributed by atoms with van der Waals surface area (Å²) < 4.78 is 2.46. The Labute approximate surface area is 399 Å². The van der Waals surface area contributed by atoms with Crippen molar-refractivity contribution in [2.75, 3.05) is 4.90 Å². The minimum atomic E-state index is 0.0583. The Balaban J connectivity index is 1.01. The molecule has 0 aliphatic heterocycles. The third-order valence-corrected chi connectivity index (χ3v) is 14.3. The van der Waals surface area contributed by atoms with E-state index < -0.39 is 0 Å². The molecular weight excluding hydrogens is 821 g/mol. The van der Waals surface area contributed by atoms with E-state index in [1.165, 1.54) is 104 Å². The van der Waals surface area contributed by atoms with Gasteiger partial charge in [-0.05, 0) is 114 Å². The topological polar surface area (TPSA) is 8.17 Å². The fraction of sp³-hybridized carbons (Fsp3) is 0.121. The average molecular weight is 875 g/mol. The lowest BCUT2D eigenvalue weighted by Crippen LogP contribution is -2.16. The maximum atomic E-state index is 2.48. The summed E-state index contributed by atoms with van der Waals surface area (Å²) in [6.45, 7) is 13.8. The number of rotatable bonds is 7. The highest BCUT2D eigenvalue weighted by molar-refractivity contribution is 6.27. The molecule has 0 bridgehead atoms. The average Bonchev–Trinajstić information content (AvgIpc) is 3.70. The summed E-state index contributed by atoms with van der Waals surface area (Å²) in [6, 6.07) is 81.3. The van der Waals surface area contributed by atoms with Crippen LogP contribution >= 0.6 is 0 Å². The lowest BCUT2D eigenvalue weighted by atomic mass is 9.79. The molecule has 0 radical (unpaired) electrons. The smallest absolute Gasteiger partial charge is 0.0541 e. The van der Waals surface area contributed by atoms with Gasteiger partial charge in [0.25, 0.3) is 0 Å². The van der Waals surface area contributed by atoms with E-state index in [4.69, 9.17) is 0 Å². The Bertz CT molecular complexity index is 3750. The number of hydrogen-bond donors (Lipinski definition) is 0. The zero-order valence-electron chi connectivity index (χ0n) is 39.7. The number of benzene rings is 11. The summed E-state index contributed by atoms with van der Waals surface area (Å²) >= 11 is 0. The standard InChI is InChI=1S/C66H54N2/c1-65(2,3)50-40-49(41-51(42-50)66(4,5)6)45-26-24-43(25-27-45)44-28-34-52(35-29-44)67(58-21-13-10-18-53(58)46-16-8-7-9-17-46)61-38-32-47-31-37-57-62(39-33-48-30-36-56(61)63(47)64(48)57)68-59-22-14-11-19-54(59)55-20-12-15-23-60(55)68/h7-42H,1-6H3. The molecule has 1 aromatic heterocycles. The highest BCUT2D eigenvalue weighted by atomic mass is 15.1. The molecule has 0 fully saturated rings. The van der Waals surface area contributed by atoms with Crippen LogP contribution < -0.4 is 4.90 Å².